The molecular formula is C20H19NO5. The van der Waals surface area contributed by atoms with Crippen LogP contribution in [0.2, 0.25) is 0 Å². The van der Waals surface area contributed by atoms with E-state index < -0.39 is 12.1 Å². The number of nitrogens with zero attached hydrogens (tertiary/aromatic N) is 1. The Labute approximate surface area is 151 Å². The maximum absolute atomic E-state index is 12.6. The summed E-state index contributed by atoms with van der Waals surface area (Å²) in [7, 11) is 0. The minimum atomic E-state index is -0.999. The third-order valence-corrected chi connectivity index (χ3v) is 4.35. The fourth-order valence-electron chi connectivity index (χ4n) is 2.88. The number of carboxylic acid groups (broad SMARTS) is 1. The minimum Gasteiger partial charge on any atom is -0.479 e. The van der Waals surface area contributed by atoms with E-state index in [0.29, 0.717) is 23.4 Å². The molecule has 0 bridgehead atoms. The summed E-state index contributed by atoms with van der Waals surface area (Å²) in [5.74, 6) is -0.668. The molecule has 1 amide bonds. The first-order chi connectivity index (χ1) is 12.4. The zero-order valence-corrected chi connectivity index (χ0v) is 14.6. The van der Waals surface area contributed by atoms with Gasteiger partial charge in [-0.3, -0.25) is 9.59 Å². The molecule has 0 aromatic heterocycles. The van der Waals surface area contributed by atoms with Gasteiger partial charge in [0.25, 0.3) is 5.91 Å². The molecule has 3 rings (SSSR count). The molecule has 6 nitrogen and oxygen atoms in total. The molecule has 1 unspecified atom stereocenters. The maximum Gasteiger partial charge on any atom is 0.335 e. The topological polar surface area (TPSA) is 83.9 Å². The SMILES string of the molecule is CCC(=O)c1ccc2c(c1)N(Cc1ccc(C(=O)O)cc1)C(=O)C(C)O2. The lowest BCUT2D eigenvalue weighted by Gasteiger charge is -2.33. The molecular weight excluding hydrogens is 334 g/mol. The van der Waals surface area contributed by atoms with Crippen LogP contribution >= 0.6 is 0 Å². The molecule has 0 aliphatic carbocycles. The van der Waals surface area contributed by atoms with Crippen molar-refractivity contribution in [2.75, 3.05) is 4.90 Å². The van der Waals surface area contributed by atoms with Crippen LogP contribution in [-0.2, 0) is 11.3 Å². The van der Waals surface area contributed by atoms with Crippen molar-refractivity contribution in [2.45, 2.75) is 32.9 Å². The third-order valence-electron chi connectivity index (χ3n) is 4.35. The number of rotatable bonds is 5. The molecule has 1 aliphatic rings. The molecule has 1 atom stereocenters. The van der Waals surface area contributed by atoms with Crippen molar-refractivity contribution in [3.63, 3.8) is 0 Å². The first-order valence-corrected chi connectivity index (χ1v) is 8.38. The van der Waals surface area contributed by atoms with Crippen molar-refractivity contribution >= 4 is 23.3 Å². The van der Waals surface area contributed by atoms with Gasteiger partial charge in [0, 0.05) is 12.0 Å². The number of benzene rings is 2. The standard InChI is InChI=1S/C20H19NO5/c1-3-17(22)15-8-9-18-16(10-15)21(19(23)12(2)26-18)11-13-4-6-14(7-5-13)20(24)25/h4-10,12H,3,11H2,1-2H3,(H,24,25). The molecule has 1 aliphatic heterocycles. The summed E-state index contributed by atoms with van der Waals surface area (Å²) in [5, 5.41) is 9.00. The van der Waals surface area contributed by atoms with Crippen LogP contribution in [0, 0.1) is 0 Å². The third kappa shape index (κ3) is 3.31. The number of aromatic carboxylic acids is 1. The second-order valence-electron chi connectivity index (χ2n) is 6.15. The van der Waals surface area contributed by atoms with Crippen molar-refractivity contribution in [1.29, 1.82) is 0 Å². The largest absolute Gasteiger partial charge is 0.479 e. The van der Waals surface area contributed by atoms with Gasteiger partial charge in [-0.15, -0.1) is 0 Å². The molecule has 6 heteroatoms. The van der Waals surface area contributed by atoms with Gasteiger partial charge in [0.2, 0.25) is 0 Å². The Morgan fingerprint density at radius 1 is 1.12 bits per heavy atom. The summed E-state index contributed by atoms with van der Waals surface area (Å²) in [6.07, 6.45) is -0.255. The number of hydrogen-bond donors (Lipinski definition) is 1. The second kappa shape index (κ2) is 7.00. The Kier molecular flexibility index (Phi) is 4.75. The lowest BCUT2D eigenvalue weighted by molar-refractivity contribution is -0.125. The number of anilines is 1. The fourth-order valence-corrected chi connectivity index (χ4v) is 2.88. The predicted molar refractivity (Wildman–Crippen MR) is 95.7 cm³/mol. The highest BCUT2D eigenvalue weighted by Crippen LogP contribution is 2.36. The number of Topliss-reactive ketones (excluding diaryl/α,β-unsaturated/α-hetero) is 1. The number of carboxylic acids is 1. The fraction of sp³-hybridized carbons (Fsp3) is 0.250. The van der Waals surface area contributed by atoms with Gasteiger partial charge in [-0.1, -0.05) is 19.1 Å². The zero-order chi connectivity index (χ0) is 18.8. The van der Waals surface area contributed by atoms with Gasteiger partial charge in [-0.25, -0.2) is 4.79 Å². The molecule has 26 heavy (non-hydrogen) atoms. The minimum absolute atomic E-state index is 0.00960. The molecule has 2 aromatic carbocycles. The summed E-state index contributed by atoms with van der Waals surface area (Å²) in [6, 6.07) is 11.5. The molecule has 2 aromatic rings. The van der Waals surface area contributed by atoms with Crippen LogP contribution in [0.5, 0.6) is 5.75 Å². The normalized spacial score (nSPS) is 16.0. The smallest absolute Gasteiger partial charge is 0.335 e. The summed E-state index contributed by atoms with van der Waals surface area (Å²) < 4.78 is 5.65. The Hall–Kier alpha value is -3.15. The van der Waals surface area contributed by atoms with E-state index in [1.807, 2.05) is 0 Å². The van der Waals surface area contributed by atoms with E-state index in [2.05, 4.69) is 0 Å². The number of carbonyl (C=O) groups excluding carboxylic acids is 2. The lowest BCUT2D eigenvalue weighted by atomic mass is 10.0. The van der Waals surface area contributed by atoms with E-state index >= 15 is 0 Å². The van der Waals surface area contributed by atoms with E-state index in [4.69, 9.17) is 9.84 Å². The predicted octanol–water partition coefficient (Wildman–Crippen LogP) is 3.29. The number of ketones is 1. The second-order valence-corrected chi connectivity index (χ2v) is 6.15. The van der Waals surface area contributed by atoms with Gasteiger partial charge in [-0.2, -0.15) is 0 Å². The molecule has 1 N–H and O–H groups in total. The first-order valence-electron chi connectivity index (χ1n) is 8.38. The summed E-state index contributed by atoms with van der Waals surface area (Å²) >= 11 is 0. The van der Waals surface area contributed by atoms with Gasteiger partial charge in [0.1, 0.15) is 5.75 Å². The van der Waals surface area contributed by atoms with Gasteiger partial charge >= 0.3 is 5.97 Å². The average molecular weight is 353 g/mol. The molecule has 134 valence electrons. The quantitative estimate of drug-likeness (QED) is 0.834. The van der Waals surface area contributed by atoms with Crippen molar-refractivity contribution in [2.24, 2.45) is 0 Å². The van der Waals surface area contributed by atoms with Gasteiger partial charge in [0.05, 0.1) is 17.8 Å². The van der Waals surface area contributed by atoms with Crippen LogP contribution in [0.4, 0.5) is 5.69 Å². The Morgan fingerprint density at radius 3 is 2.38 bits per heavy atom. The molecule has 1 heterocycles. The van der Waals surface area contributed by atoms with Crippen LogP contribution in [0.25, 0.3) is 0 Å². The van der Waals surface area contributed by atoms with Gasteiger partial charge in [0.15, 0.2) is 11.9 Å². The molecule has 0 saturated carbocycles. The van der Waals surface area contributed by atoms with Crippen LogP contribution in [0.1, 0.15) is 46.5 Å². The molecule has 0 radical (unpaired) electrons. The average Bonchev–Trinajstić information content (AvgIpc) is 2.65. The van der Waals surface area contributed by atoms with Crippen LogP contribution in [-0.4, -0.2) is 28.9 Å². The molecule has 0 spiro atoms. The first kappa shape index (κ1) is 17.7. The van der Waals surface area contributed by atoms with Crippen LogP contribution in [0.3, 0.4) is 0 Å². The van der Waals surface area contributed by atoms with Crippen molar-refractivity contribution < 1.29 is 24.2 Å². The number of amides is 1. The Morgan fingerprint density at radius 2 is 1.77 bits per heavy atom. The maximum atomic E-state index is 12.6. The van der Waals surface area contributed by atoms with E-state index in [9.17, 15) is 14.4 Å². The summed E-state index contributed by atoms with van der Waals surface area (Å²) in [5.41, 5.74) is 2.06. The lowest BCUT2D eigenvalue weighted by Crippen LogP contribution is -2.44. The Bertz CT molecular complexity index is 872. The summed E-state index contributed by atoms with van der Waals surface area (Å²) in [6.45, 7) is 3.73. The van der Waals surface area contributed by atoms with E-state index in [1.54, 1.807) is 49.1 Å². The Balaban J connectivity index is 1.96. The van der Waals surface area contributed by atoms with Crippen molar-refractivity contribution in [3.8, 4) is 5.75 Å². The summed E-state index contributed by atoms with van der Waals surface area (Å²) in [4.78, 5) is 37.2. The number of carbonyl (C=O) groups is 3. The monoisotopic (exact) mass is 353 g/mol. The van der Waals surface area contributed by atoms with Crippen molar-refractivity contribution in [1.82, 2.24) is 0 Å². The van der Waals surface area contributed by atoms with Crippen molar-refractivity contribution in [3.05, 3.63) is 59.2 Å². The highest BCUT2D eigenvalue weighted by atomic mass is 16.5. The van der Waals surface area contributed by atoms with E-state index in [1.165, 1.54) is 12.1 Å². The van der Waals surface area contributed by atoms with Gasteiger partial charge in [-0.05, 0) is 42.8 Å². The highest BCUT2D eigenvalue weighted by molar-refractivity contribution is 6.03. The van der Waals surface area contributed by atoms with Crippen LogP contribution < -0.4 is 9.64 Å². The number of hydrogen-bond acceptors (Lipinski definition) is 4. The zero-order valence-electron chi connectivity index (χ0n) is 14.6. The molecule has 0 fully saturated rings. The molecule has 0 saturated heterocycles. The highest BCUT2D eigenvalue weighted by Gasteiger charge is 2.32. The van der Waals surface area contributed by atoms with E-state index in [0.717, 1.165) is 5.56 Å². The van der Waals surface area contributed by atoms with Crippen LogP contribution in [0.15, 0.2) is 42.5 Å². The number of ether oxygens (including phenoxy) is 1. The van der Waals surface area contributed by atoms with E-state index in [-0.39, 0.29) is 23.8 Å². The number of fused-ring (bicyclic) bond motifs is 1. The van der Waals surface area contributed by atoms with Gasteiger partial charge < -0.3 is 14.7 Å².